The van der Waals surface area contributed by atoms with E-state index in [-0.39, 0.29) is 30.7 Å². The van der Waals surface area contributed by atoms with Gasteiger partial charge in [0.1, 0.15) is 0 Å². The van der Waals surface area contributed by atoms with Gasteiger partial charge in [-0.2, -0.15) is 0 Å². The van der Waals surface area contributed by atoms with Gasteiger partial charge in [0.2, 0.25) is 5.91 Å². The van der Waals surface area contributed by atoms with Crippen molar-refractivity contribution in [2.75, 3.05) is 11.9 Å². The quantitative estimate of drug-likeness (QED) is 0.879. The molecule has 19 heavy (non-hydrogen) atoms. The number of amides is 1. The second-order valence-electron chi connectivity index (χ2n) is 4.34. The fourth-order valence-electron chi connectivity index (χ4n) is 1.80. The van der Waals surface area contributed by atoms with E-state index in [4.69, 9.17) is 5.73 Å². The van der Waals surface area contributed by atoms with Crippen LogP contribution in [-0.2, 0) is 4.79 Å². The summed E-state index contributed by atoms with van der Waals surface area (Å²) in [6.07, 6.45) is 4.86. The minimum Gasteiger partial charge on any atom is -0.329 e. The van der Waals surface area contributed by atoms with Crippen LogP contribution in [0.3, 0.4) is 0 Å². The molecule has 0 atom stereocenters. The van der Waals surface area contributed by atoms with Crippen LogP contribution in [0.1, 0.15) is 32.3 Å². The third kappa shape index (κ3) is 4.64. The van der Waals surface area contributed by atoms with Crippen molar-refractivity contribution >= 4 is 36.4 Å². The summed E-state index contributed by atoms with van der Waals surface area (Å²) in [5, 5.41) is 2.92. The molecule has 1 aromatic rings. The van der Waals surface area contributed by atoms with Crippen LogP contribution >= 0.6 is 24.8 Å². The lowest BCUT2D eigenvalue weighted by Gasteiger charge is -2.28. The van der Waals surface area contributed by atoms with Gasteiger partial charge >= 0.3 is 0 Å². The van der Waals surface area contributed by atoms with Crippen LogP contribution in [-0.4, -0.2) is 17.4 Å². The van der Waals surface area contributed by atoms with E-state index in [0.717, 1.165) is 24.1 Å². The van der Waals surface area contributed by atoms with Crippen LogP contribution in [0.2, 0.25) is 0 Å². The van der Waals surface area contributed by atoms with Crippen LogP contribution in [0.5, 0.6) is 0 Å². The maximum absolute atomic E-state index is 12.3. The maximum atomic E-state index is 12.3. The Morgan fingerprint density at radius 3 is 2.37 bits per heavy atom. The zero-order valence-corrected chi connectivity index (χ0v) is 13.2. The number of nitrogens with one attached hydrogen (secondary N) is 1. The summed E-state index contributed by atoms with van der Waals surface area (Å²) >= 11 is 0. The van der Waals surface area contributed by atoms with Crippen molar-refractivity contribution in [3.63, 3.8) is 0 Å². The van der Waals surface area contributed by atoms with Crippen molar-refractivity contribution in [2.24, 2.45) is 11.1 Å². The Kier molecular flexibility index (Phi) is 9.84. The fraction of sp³-hybridized carbons (Fsp3) is 0.538. The summed E-state index contributed by atoms with van der Waals surface area (Å²) in [5.41, 5.74) is 7.04. The second-order valence-corrected chi connectivity index (χ2v) is 4.34. The molecule has 0 aromatic carbocycles. The van der Waals surface area contributed by atoms with Gasteiger partial charge in [0.05, 0.1) is 17.3 Å². The lowest BCUT2D eigenvalue weighted by molar-refractivity contribution is -0.125. The molecule has 1 heterocycles. The maximum Gasteiger partial charge on any atom is 0.231 e. The molecule has 4 nitrogen and oxygen atoms in total. The van der Waals surface area contributed by atoms with Crippen LogP contribution < -0.4 is 11.1 Å². The molecule has 0 spiro atoms. The molecular formula is C13H23Cl2N3O. The Morgan fingerprint density at radius 2 is 1.95 bits per heavy atom. The number of pyridine rings is 1. The number of aromatic nitrogens is 1. The Hall–Kier alpha value is -0.840. The van der Waals surface area contributed by atoms with Crippen molar-refractivity contribution in [1.29, 1.82) is 0 Å². The topological polar surface area (TPSA) is 68.0 Å². The Bertz CT molecular complexity index is 387. The van der Waals surface area contributed by atoms with E-state index < -0.39 is 5.41 Å². The average molecular weight is 308 g/mol. The second kappa shape index (κ2) is 9.13. The molecular weight excluding hydrogens is 285 g/mol. The van der Waals surface area contributed by atoms with Gasteiger partial charge in [0, 0.05) is 12.7 Å². The number of carbonyl (C=O) groups excluding carboxylic acids is 1. The number of hydrogen-bond donors (Lipinski definition) is 2. The molecule has 0 unspecified atom stereocenters. The van der Waals surface area contributed by atoms with Gasteiger partial charge in [-0.1, -0.05) is 13.8 Å². The summed E-state index contributed by atoms with van der Waals surface area (Å²) in [6, 6.07) is 1.87. The lowest BCUT2D eigenvalue weighted by atomic mass is 9.81. The standard InChI is InChI=1S/C13H21N3O.2ClH/c1-4-13(5-2,9-14)12(17)16-11-8-15-7-6-10(11)3;;/h6-8H,4-5,9,14H2,1-3H3,(H,16,17);2*1H. The normalized spacial score (nSPS) is 10.1. The van der Waals surface area contributed by atoms with Crippen molar-refractivity contribution < 1.29 is 4.79 Å². The first-order valence-corrected chi connectivity index (χ1v) is 6.01. The zero-order chi connectivity index (χ0) is 12.9. The largest absolute Gasteiger partial charge is 0.329 e. The molecule has 0 aliphatic heterocycles. The average Bonchev–Trinajstić information content (AvgIpc) is 2.35. The van der Waals surface area contributed by atoms with E-state index in [1.807, 2.05) is 26.8 Å². The van der Waals surface area contributed by atoms with Gasteiger partial charge in [0.25, 0.3) is 0 Å². The van der Waals surface area contributed by atoms with Crippen LogP contribution in [0.25, 0.3) is 0 Å². The van der Waals surface area contributed by atoms with Gasteiger partial charge in [-0.05, 0) is 31.4 Å². The monoisotopic (exact) mass is 307 g/mol. The third-order valence-electron chi connectivity index (χ3n) is 3.51. The Morgan fingerprint density at radius 1 is 1.37 bits per heavy atom. The number of anilines is 1. The first-order valence-electron chi connectivity index (χ1n) is 6.01. The van der Waals surface area contributed by atoms with E-state index >= 15 is 0 Å². The molecule has 0 saturated heterocycles. The molecule has 0 bridgehead atoms. The van der Waals surface area contributed by atoms with E-state index in [1.54, 1.807) is 12.4 Å². The predicted molar refractivity (Wildman–Crippen MR) is 84.2 cm³/mol. The van der Waals surface area contributed by atoms with Crippen LogP contribution in [0, 0.1) is 12.3 Å². The fourth-order valence-corrected chi connectivity index (χ4v) is 1.80. The van der Waals surface area contributed by atoms with Crippen molar-refractivity contribution in [2.45, 2.75) is 33.6 Å². The summed E-state index contributed by atoms with van der Waals surface area (Å²) in [5.74, 6) is -0.0129. The highest BCUT2D eigenvalue weighted by molar-refractivity contribution is 5.95. The molecule has 3 N–H and O–H groups in total. The van der Waals surface area contributed by atoms with Crippen molar-refractivity contribution in [3.05, 3.63) is 24.0 Å². The number of rotatable bonds is 5. The highest BCUT2D eigenvalue weighted by Crippen LogP contribution is 2.27. The molecule has 0 saturated carbocycles. The third-order valence-corrected chi connectivity index (χ3v) is 3.51. The number of halogens is 2. The molecule has 6 heteroatoms. The molecule has 110 valence electrons. The van der Waals surface area contributed by atoms with E-state index in [9.17, 15) is 4.79 Å². The summed E-state index contributed by atoms with van der Waals surface area (Å²) in [7, 11) is 0. The number of hydrogen-bond acceptors (Lipinski definition) is 3. The van der Waals surface area contributed by atoms with E-state index in [1.165, 1.54) is 0 Å². The Balaban J connectivity index is 0. The van der Waals surface area contributed by atoms with Gasteiger partial charge in [-0.15, -0.1) is 24.8 Å². The molecule has 0 aliphatic rings. The van der Waals surface area contributed by atoms with Crippen LogP contribution in [0.4, 0.5) is 5.69 Å². The molecule has 0 fully saturated rings. The molecule has 0 aliphatic carbocycles. The van der Waals surface area contributed by atoms with Gasteiger partial charge in [0.15, 0.2) is 0 Å². The van der Waals surface area contributed by atoms with E-state index in [2.05, 4.69) is 10.3 Å². The van der Waals surface area contributed by atoms with Gasteiger partial charge in [-0.25, -0.2) is 0 Å². The summed E-state index contributed by atoms with van der Waals surface area (Å²) in [6.45, 7) is 6.29. The number of carbonyl (C=O) groups is 1. The minimum absolute atomic E-state index is 0. The minimum atomic E-state index is -0.470. The van der Waals surface area contributed by atoms with E-state index in [0.29, 0.717) is 6.54 Å². The molecule has 1 amide bonds. The number of nitrogens with zero attached hydrogens (tertiary/aromatic N) is 1. The van der Waals surface area contributed by atoms with Crippen molar-refractivity contribution in [1.82, 2.24) is 4.98 Å². The zero-order valence-electron chi connectivity index (χ0n) is 11.6. The lowest BCUT2D eigenvalue weighted by Crippen LogP contribution is -2.41. The first kappa shape index (κ1) is 20.5. The molecule has 1 aromatic heterocycles. The van der Waals surface area contributed by atoms with Crippen LogP contribution in [0.15, 0.2) is 18.5 Å². The SMILES string of the molecule is CCC(CC)(CN)C(=O)Nc1cnccc1C.Cl.Cl. The van der Waals surface area contributed by atoms with Gasteiger partial charge < -0.3 is 11.1 Å². The molecule has 1 rings (SSSR count). The number of nitrogens with two attached hydrogens (primary N) is 1. The highest BCUT2D eigenvalue weighted by atomic mass is 35.5. The smallest absolute Gasteiger partial charge is 0.231 e. The predicted octanol–water partition coefficient (Wildman–Crippen LogP) is 2.94. The van der Waals surface area contributed by atoms with Crippen molar-refractivity contribution in [3.8, 4) is 0 Å². The first-order chi connectivity index (χ1) is 8.09. The highest BCUT2D eigenvalue weighted by Gasteiger charge is 2.33. The Labute approximate surface area is 127 Å². The molecule has 0 radical (unpaired) electrons. The summed E-state index contributed by atoms with van der Waals surface area (Å²) in [4.78, 5) is 16.3. The summed E-state index contributed by atoms with van der Waals surface area (Å²) < 4.78 is 0. The number of aryl methyl sites for hydroxylation is 1. The van der Waals surface area contributed by atoms with Gasteiger partial charge in [-0.3, -0.25) is 9.78 Å².